The van der Waals surface area contributed by atoms with Gasteiger partial charge in [-0.15, -0.1) is 0 Å². The van der Waals surface area contributed by atoms with Gasteiger partial charge in [0.1, 0.15) is 0 Å². The number of esters is 1. The van der Waals surface area contributed by atoms with Crippen LogP contribution in [0.15, 0.2) is 70.6 Å². The molecule has 3 aromatic rings. The second-order valence-electron chi connectivity index (χ2n) is 5.75. The van der Waals surface area contributed by atoms with Crippen molar-refractivity contribution >= 4 is 29.3 Å². The predicted octanol–water partition coefficient (Wildman–Crippen LogP) is 4.02. The lowest BCUT2D eigenvalue weighted by atomic mass is 10.0. The van der Waals surface area contributed by atoms with Gasteiger partial charge in [0.05, 0.1) is 24.5 Å². The number of carbonyl (C=O) groups excluding carboxylic acids is 1. The molecule has 1 aromatic heterocycles. The maximum absolute atomic E-state index is 12.0. The molecule has 27 heavy (non-hydrogen) atoms. The third-order valence-corrected chi connectivity index (χ3v) is 5.28. The number of halogens is 1. The highest BCUT2D eigenvalue weighted by atomic mass is 35.5. The van der Waals surface area contributed by atoms with Gasteiger partial charge in [-0.25, -0.2) is 4.98 Å². The molecule has 0 aliphatic heterocycles. The zero-order valence-electron chi connectivity index (χ0n) is 14.5. The van der Waals surface area contributed by atoms with Crippen LogP contribution in [0, 0.1) is 0 Å². The van der Waals surface area contributed by atoms with Gasteiger partial charge in [-0.1, -0.05) is 65.8 Å². The molecule has 0 radical (unpaired) electrons. The molecule has 7 heteroatoms. The highest BCUT2D eigenvalue weighted by molar-refractivity contribution is 7.99. The molecule has 1 N–H and O–H groups in total. The molecule has 0 aliphatic carbocycles. The first kappa shape index (κ1) is 19.2. The van der Waals surface area contributed by atoms with E-state index in [0.29, 0.717) is 15.9 Å². The van der Waals surface area contributed by atoms with Crippen LogP contribution in [0.1, 0.15) is 22.1 Å². The quantitative estimate of drug-likeness (QED) is 0.384. The Labute approximate surface area is 165 Å². The van der Waals surface area contributed by atoms with Crippen LogP contribution in [-0.2, 0) is 16.0 Å². The van der Waals surface area contributed by atoms with Crippen LogP contribution >= 0.6 is 23.4 Å². The average molecular weight is 401 g/mol. The van der Waals surface area contributed by atoms with Gasteiger partial charge >= 0.3 is 5.97 Å². The molecule has 0 saturated carbocycles. The summed E-state index contributed by atoms with van der Waals surface area (Å²) in [5.41, 5.74) is 2.15. The van der Waals surface area contributed by atoms with Crippen LogP contribution in [-0.4, -0.2) is 23.0 Å². The molecule has 3 rings (SSSR count). The van der Waals surface area contributed by atoms with Crippen molar-refractivity contribution in [3.8, 4) is 0 Å². The third-order valence-electron chi connectivity index (χ3n) is 3.83. The number of aromatic amines is 1. The van der Waals surface area contributed by atoms with Gasteiger partial charge in [0, 0.05) is 11.1 Å². The molecule has 0 fully saturated rings. The first-order valence-electron chi connectivity index (χ1n) is 8.19. The number of benzene rings is 2. The molecule has 0 saturated heterocycles. The minimum Gasteiger partial charge on any atom is -0.469 e. The number of methoxy groups -OCH3 is 1. The molecule has 0 unspecified atom stereocenters. The Hall–Kier alpha value is -2.57. The summed E-state index contributed by atoms with van der Waals surface area (Å²) in [4.78, 5) is 30.7. The van der Waals surface area contributed by atoms with Gasteiger partial charge in [0.2, 0.25) is 0 Å². The van der Waals surface area contributed by atoms with Gasteiger partial charge in [-0.05, 0) is 23.3 Å². The lowest BCUT2D eigenvalue weighted by molar-refractivity contribution is -0.139. The molecule has 0 bridgehead atoms. The van der Waals surface area contributed by atoms with Crippen LogP contribution in [0.5, 0.6) is 0 Å². The first-order valence-corrected chi connectivity index (χ1v) is 9.45. The van der Waals surface area contributed by atoms with Crippen molar-refractivity contribution in [3.05, 3.63) is 92.9 Å². The lowest BCUT2D eigenvalue weighted by Gasteiger charge is -2.17. The van der Waals surface area contributed by atoms with Gasteiger partial charge < -0.3 is 9.72 Å². The van der Waals surface area contributed by atoms with Crippen molar-refractivity contribution in [1.82, 2.24) is 9.97 Å². The van der Waals surface area contributed by atoms with Crippen molar-refractivity contribution in [3.63, 3.8) is 0 Å². The number of nitrogens with zero attached hydrogens (tertiary/aromatic N) is 1. The summed E-state index contributed by atoms with van der Waals surface area (Å²) >= 11 is 7.42. The smallest absolute Gasteiger partial charge is 0.311 e. The van der Waals surface area contributed by atoms with E-state index >= 15 is 0 Å². The fourth-order valence-corrected chi connectivity index (χ4v) is 3.82. The Morgan fingerprint density at radius 2 is 1.81 bits per heavy atom. The molecular formula is C20H17ClN2O3S. The van der Waals surface area contributed by atoms with Gasteiger partial charge in [0.25, 0.3) is 5.56 Å². The lowest BCUT2D eigenvalue weighted by Crippen LogP contribution is -2.14. The molecule has 5 nitrogen and oxygen atoms in total. The summed E-state index contributed by atoms with van der Waals surface area (Å²) in [6, 6.07) is 18.8. The normalized spacial score (nSPS) is 11.8. The number of ether oxygens (including phenoxy) is 1. The van der Waals surface area contributed by atoms with E-state index in [2.05, 4.69) is 14.7 Å². The first-order chi connectivity index (χ1) is 13.0. The molecular weight excluding hydrogens is 384 g/mol. The number of hydrogen-bond donors (Lipinski definition) is 1. The van der Waals surface area contributed by atoms with E-state index in [1.165, 1.54) is 24.9 Å². The van der Waals surface area contributed by atoms with E-state index < -0.39 is 5.97 Å². The van der Waals surface area contributed by atoms with E-state index in [1.54, 1.807) is 0 Å². The number of nitrogens with one attached hydrogen (secondary N) is 1. The van der Waals surface area contributed by atoms with Crippen molar-refractivity contribution in [1.29, 1.82) is 0 Å². The van der Waals surface area contributed by atoms with Crippen LogP contribution in [0.25, 0.3) is 0 Å². The van der Waals surface area contributed by atoms with E-state index in [1.807, 2.05) is 54.6 Å². The largest absolute Gasteiger partial charge is 0.469 e. The maximum atomic E-state index is 12.0. The summed E-state index contributed by atoms with van der Waals surface area (Å²) in [5, 5.41) is 0.993. The van der Waals surface area contributed by atoms with Crippen LogP contribution in [0.4, 0.5) is 0 Å². The third kappa shape index (κ3) is 5.21. The number of H-pyrrole nitrogens is 1. The average Bonchev–Trinajstić information content (AvgIpc) is 2.67. The van der Waals surface area contributed by atoms with Gasteiger partial charge in [-0.3, -0.25) is 9.59 Å². The molecule has 2 aromatic carbocycles. The standard InChI is InChI=1S/C20H17ClN2O3S/c1-26-18(25)12-16-11-17(24)23-20(22-16)27-19(13-5-3-2-4-6-13)14-7-9-15(21)10-8-14/h2-11,19H,12H2,1H3,(H,22,23,24)/t19-/m0/s1. The summed E-state index contributed by atoms with van der Waals surface area (Å²) < 4.78 is 4.65. The van der Waals surface area contributed by atoms with E-state index in [9.17, 15) is 9.59 Å². The number of aromatic nitrogens is 2. The number of carbonyl (C=O) groups is 1. The minimum atomic E-state index is -0.443. The summed E-state index contributed by atoms with van der Waals surface area (Å²) in [6.45, 7) is 0. The monoisotopic (exact) mass is 400 g/mol. The Bertz CT molecular complexity index is 975. The number of thioether (sulfide) groups is 1. The van der Waals surface area contributed by atoms with Crippen LogP contribution in [0.2, 0.25) is 5.02 Å². The number of hydrogen-bond acceptors (Lipinski definition) is 5. The highest BCUT2D eigenvalue weighted by Gasteiger charge is 2.18. The molecule has 0 amide bonds. The molecule has 0 aliphatic rings. The van der Waals surface area contributed by atoms with Crippen LogP contribution < -0.4 is 5.56 Å². The zero-order chi connectivity index (χ0) is 19.2. The molecule has 0 spiro atoms. The second-order valence-corrected chi connectivity index (χ2v) is 7.29. The second kappa shape index (κ2) is 8.88. The highest BCUT2D eigenvalue weighted by Crippen LogP contribution is 2.39. The van der Waals surface area contributed by atoms with Crippen molar-refractivity contribution in [2.75, 3.05) is 7.11 Å². The predicted molar refractivity (Wildman–Crippen MR) is 106 cm³/mol. The van der Waals surface area contributed by atoms with Gasteiger partial charge in [0.15, 0.2) is 5.16 Å². The fraction of sp³-hybridized carbons (Fsp3) is 0.150. The number of rotatable bonds is 6. The van der Waals surface area contributed by atoms with E-state index in [-0.39, 0.29) is 17.2 Å². The van der Waals surface area contributed by atoms with E-state index in [4.69, 9.17) is 11.6 Å². The Kier molecular flexibility index (Phi) is 6.32. The SMILES string of the molecule is COC(=O)Cc1cc(=O)[nH]c(S[C@@H](c2ccccc2)c2ccc(Cl)cc2)n1. The Morgan fingerprint density at radius 3 is 2.48 bits per heavy atom. The van der Waals surface area contributed by atoms with Crippen molar-refractivity contribution in [2.45, 2.75) is 16.8 Å². The van der Waals surface area contributed by atoms with E-state index in [0.717, 1.165) is 11.1 Å². The Morgan fingerprint density at radius 1 is 1.15 bits per heavy atom. The van der Waals surface area contributed by atoms with Gasteiger partial charge in [-0.2, -0.15) is 0 Å². The molecule has 1 atom stereocenters. The molecule has 138 valence electrons. The summed E-state index contributed by atoms with van der Waals surface area (Å²) in [5.74, 6) is -0.443. The fourth-order valence-electron chi connectivity index (χ4n) is 2.56. The topological polar surface area (TPSA) is 72.1 Å². The maximum Gasteiger partial charge on any atom is 0.311 e. The summed E-state index contributed by atoms with van der Waals surface area (Å²) in [7, 11) is 1.30. The summed E-state index contributed by atoms with van der Waals surface area (Å²) in [6.07, 6.45) is -0.0507. The van der Waals surface area contributed by atoms with Crippen LogP contribution in [0.3, 0.4) is 0 Å². The van der Waals surface area contributed by atoms with Crippen molar-refractivity contribution < 1.29 is 9.53 Å². The molecule has 1 heterocycles. The minimum absolute atomic E-state index is 0.0507. The van der Waals surface area contributed by atoms with Crippen molar-refractivity contribution in [2.24, 2.45) is 0 Å². The Balaban J connectivity index is 1.96. The zero-order valence-corrected chi connectivity index (χ0v) is 16.1.